The molecule has 10 nitrogen and oxygen atoms in total. The second-order valence-electron chi connectivity index (χ2n) is 15.2. The van der Waals surface area contributed by atoms with Gasteiger partial charge in [0.05, 0.1) is 11.4 Å². The lowest BCUT2D eigenvalue weighted by molar-refractivity contribution is -0.138. The molecule has 11 heteroatoms. The van der Waals surface area contributed by atoms with E-state index in [1.165, 1.54) is 29.3 Å². The number of halogens is 1. The number of carbonyl (C=O) groups is 3. The number of nitrogen functional groups attached to an aromatic ring is 1. The first-order valence-corrected chi connectivity index (χ1v) is 19.4. The number of hydrogen-bond acceptors (Lipinski definition) is 8. The van der Waals surface area contributed by atoms with Crippen molar-refractivity contribution >= 4 is 29.1 Å². The molecule has 3 fully saturated rings. The van der Waals surface area contributed by atoms with E-state index in [-0.39, 0.29) is 35.3 Å². The number of carbonyl (C=O) groups excluding carboxylic acids is 3. The summed E-state index contributed by atoms with van der Waals surface area (Å²) in [5, 5.41) is 16.0. The Kier molecular flexibility index (Phi) is 11.7. The van der Waals surface area contributed by atoms with Crippen LogP contribution in [0.4, 0.5) is 15.8 Å². The molecule has 1 unspecified atom stereocenters. The number of hydrogen-bond donors (Lipinski definition) is 4. The summed E-state index contributed by atoms with van der Waals surface area (Å²) in [6, 6.07) is 27.8. The van der Waals surface area contributed by atoms with Crippen LogP contribution in [0.25, 0.3) is 11.1 Å². The number of rotatable bonds is 12. The monoisotopic (exact) mass is 747 g/mol. The Morgan fingerprint density at radius 3 is 2.40 bits per heavy atom. The van der Waals surface area contributed by atoms with Gasteiger partial charge in [-0.05, 0) is 117 Å². The van der Waals surface area contributed by atoms with Crippen LogP contribution in [0.2, 0.25) is 0 Å². The third kappa shape index (κ3) is 9.11. The topological polar surface area (TPSA) is 137 Å². The normalized spacial score (nSPS) is 19.1. The SMILES string of the molecule is Nc1ccc(-c2cc(F)ccc2O)cc1N1CCC(CNC(=O)CCCN2CCC(c3ccc(OC4CCC(=O)NC4=O)cc3)CC2)(c2ccccc2)CC1. The van der Waals surface area contributed by atoms with Gasteiger partial charge in [-0.15, -0.1) is 0 Å². The fourth-order valence-corrected chi connectivity index (χ4v) is 8.34. The molecule has 0 aliphatic carbocycles. The van der Waals surface area contributed by atoms with E-state index in [0.717, 1.165) is 70.5 Å². The summed E-state index contributed by atoms with van der Waals surface area (Å²) >= 11 is 0. The van der Waals surface area contributed by atoms with E-state index >= 15 is 0 Å². The van der Waals surface area contributed by atoms with Gasteiger partial charge in [0.15, 0.2) is 6.10 Å². The van der Waals surface area contributed by atoms with E-state index in [0.29, 0.717) is 47.9 Å². The van der Waals surface area contributed by atoms with Crippen LogP contribution in [0.3, 0.4) is 0 Å². The van der Waals surface area contributed by atoms with Crippen molar-refractivity contribution in [3.63, 3.8) is 0 Å². The van der Waals surface area contributed by atoms with Crippen LogP contribution >= 0.6 is 0 Å². The van der Waals surface area contributed by atoms with Crippen LogP contribution in [-0.4, -0.2) is 73.1 Å². The lowest BCUT2D eigenvalue weighted by atomic mass is 9.72. The zero-order valence-electron chi connectivity index (χ0n) is 31.1. The molecule has 3 heterocycles. The predicted octanol–water partition coefficient (Wildman–Crippen LogP) is 6.28. The van der Waals surface area contributed by atoms with Crippen molar-refractivity contribution in [2.75, 3.05) is 49.9 Å². The molecule has 4 aromatic rings. The minimum absolute atomic E-state index is 0.0135. The van der Waals surface area contributed by atoms with Gasteiger partial charge < -0.3 is 30.7 Å². The Morgan fingerprint density at radius 2 is 1.67 bits per heavy atom. The van der Waals surface area contributed by atoms with Crippen LogP contribution in [-0.2, 0) is 19.8 Å². The van der Waals surface area contributed by atoms with Crippen LogP contribution in [0, 0.1) is 5.82 Å². The highest BCUT2D eigenvalue weighted by molar-refractivity contribution is 5.99. The number of anilines is 2. The highest BCUT2D eigenvalue weighted by atomic mass is 19.1. The Morgan fingerprint density at radius 1 is 0.927 bits per heavy atom. The molecule has 7 rings (SSSR count). The van der Waals surface area contributed by atoms with Gasteiger partial charge in [0.2, 0.25) is 11.8 Å². The number of phenolic OH excluding ortho intramolecular Hbond substituents is 1. The molecule has 0 bridgehead atoms. The molecule has 0 radical (unpaired) electrons. The number of aromatic hydroxyl groups is 1. The number of likely N-dealkylation sites (tertiary alicyclic amines) is 1. The average molecular weight is 748 g/mol. The number of piperidine rings is 3. The first-order valence-electron chi connectivity index (χ1n) is 19.4. The summed E-state index contributed by atoms with van der Waals surface area (Å²) in [6.07, 6.45) is 5.03. The molecule has 288 valence electrons. The van der Waals surface area contributed by atoms with Crippen molar-refractivity contribution in [2.24, 2.45) is 0 Å². The molecular weight excluding hydrogens is 698 g/mol. The highest BCUT2D eigenvalue weighted by Gasteiger charge is 2.37. The summed E-state index contributed by atoms with van der Waals surface area (Å²) in [5.74, 6) is 0.115. The van der Waals surface area contributed by atoms with Crippen LogP contribution in [0.15, 0.2) is 91.0 Å². The van der Waals surface area contributed by atoms with Crippen molar-refractivity contribution in [3.05, 3.63) is 108 Å². The largest absolute Gasteiger partial charge is 0.507 e. The zero-order valence-corrected chi connectivity index (χ0v) is 31.1. The van der Waals surface area contributed by atoms with Gasteiger partial charge in [0.1, 0.15) is 17.3 Å². The van der Waals surface area contributed by atoms with Crippen molar-refractivity contribution in [1.82, 2.24) is 15.5 Å². The van der Waals surface area contributed by atoms with Gasteiger partial charge in [-0.2, -0.15) is 0 Å². The molecule has 4 aromatic carbocycles. The molecular formula is C44H50FN5O5. The summed E-state index contributed by atoms with van der Waals surface area (Å²) in [5.41, 5.74) is 11.3. The van der Waals surface area contributed by atoms with Crippen molar-refractivity contribution in [1.29, 1.82) is 0 Å². The van der Waals surface area contributed by atoms with Crippen molar-refractivity contribution in [2.45, 2.75) is 68.8 Å². The summed E-state index contributed by atoms with van der Waals surface area (Å²) in [4.78, 5) is 41.4. The maximum atomic E-state index is 14.0. The highest BCUT2D eigenvalue weighted by Crippen LogP contribution is 2.40. The van der Waals surface area contributed by atoms with E-state index in [1.54, 1.807) is 12.1 Å². The van der Waals surface area contributed by atoms with E-state index in [4.69, 9.17) is 10.5 Å². The van der Waals surface area contributed by atoms with Crippen molar-refractivity contribution in [3.8, 4) is 22.6 Å². The number of imide groups is 1. The number of nitrogens with zero attached hydrogens (tertiary/aromatic N) is 2. The number of amides is 3. The summed E-state index contributed by atoms with van der Waals surface area (Å²) < 4.78 is 19.9. The van der Waals surface area contributed by atoms with Gasteiger partial charge in [-0.3, -0.25) is 19.7 Å². The molecule has 0 saturated carbocycles. The Labute approximate surface area is 321 Å². The second kappa shape index (κ2) is 16.9. The first kappa shape index (κ1) is 37.9. The fraction of sp³-hybridized carbons (Fsp3) is 0.386. The van der Waals surface area contributed by atoms with Crippen LogP contribution in [0.1, 0.15) is 68.4 Å². The van der Waals surface area contributed by atoms with Crippen molar-refractivity contribution < 1.29 is 28.6 Å². The molecule has 3 aliphatic rings. The lowest BCUT2D eigenvalue weighted by Gasteiger charge is -2.43. The molecule has 5 N–H and O–H groups in total. The number of phenols is 1. The summed E-state index contributed by atoms with van der Waals surface area (Å²) in [7, 11) is 0. The standard InChI is InChI=1S/C44H50FN5O5/c45-34-11-15-39(51)36(28-34)32-10-14-37(46)38(27-32)50-25-20-44(21-26-50,33-5-2-1-3-6-33)29-47-41(52)7-4-22-49-23-18-31(19-24-49)30-8-12-35(13-9-30)55-40-16-17-42(53)48-43(40)54/h1-3,5-6,8-15,27-28,31,40,51H,4,7,16-26,29,46H2,(H,47,52)(H,48,53,54). The minimum atomic E-state index is -0.638. The van der Waals surface area contributed by atoms with Gasteiger partial charge >= 0.3 is 0 Å². The molecule has 3 amide bonds. The third-order valence-electron chi connectivity index (χ3n) is 11.7. The average Bonchev–Trinajstić information content (AvgIpc) is 3.20. The Balaban J connectivity index is 0.877. The zero-order chi connectivity index (χ0) is 38.4. The van der Waals surface area contributed by atoms with E-state index in [2.05, 4.69) is 56.8 Å². The lowest BCUT2D eigenvalue weighted by Crippen LogP contribution is -2.49. The van der Waals surface area contributed by atoms with E-state index in [1.807, 2.05) is 24.3 Å². The van der Waals surface area contributed by atoms with Gasteiger partial charge in [-0.25, -0.2) is 4.39 Å². The molecule has 0 aromatic heterocycles. The third-order valence-corrected chi connectivity index (χ3v) is 11.7. The van der Waals surface area contributed by atoms with Gasteiger partial charge in [0.25, 0.3) is 5.91 Å². The molecule has 3 aliphatic heterocycles. The number of ether oxygens (including phenoxy) is 1. The number of nitrogens with two attached hydrogens (primary N) is 1. The predicted molar refractivity (Wildman–Crippen MR) is 211 cm³/mol. The van der Waals surface area contributed by atoms with Crippen LogP contribution in [0.5, 0.6) is 11.5 Å². The number of nitrogens with one attached hydrogen (secondary N) is 2. The summed E-state index contributed by atoms with van der Waals surface area (Å²) in [6.45, 7) is 4.84. The molecule has 1 atom stereocenters. The van der Waals surface area contributed by atoms with Crippen LogP contribution < -0.4 is 26.0 Å². The molecule has 0 spiro atoms. The number of benzene rings is 4. The Hall–Kier alpha value is -5.42. The van der Waals surface area contributed by atoms with Gasteiger partial charge in [-0.1, -0.05) is 48.5 Å². The fourth-order valence-electron chi connectivity index (χ4n) is 8.34. The van der Waals surface area contributed by atoms with E-state index < -0.39 is 11.9 Å². The van der Waals surface area contributed by atoms with E-state index in [9.17, 15) is 23.9 Å². The van der Waals surface area contributed by atoms with Gasteiger partial charge in [0, 0.05) is 49.9 Å². The second-order valence-corrected chi connectivity index (χ2v) is 15.2. The quantitative estimate of drug-likeness (QED) is 0.0983. The molecule has 3 saturated heterocycles. The first-order chi connectivity index (χ1) is 26.7. The minimum Gasteiger partial charge on any atom is -0.507 e. The maximum absolute atomic E-state index is 14.0. The maximum Gasteiger partial charge on any atom is 0.267 e. The smallest absolute Gasteiger partial charge is 0.267 e. The Bertz CT molecular complexity index is 1970. The molecule has 55 heavy (non-hydrogen) atoms.